The standard InChI is InChI=1S/C21H27NO3.Mg.2H/c1-22(2)14-19-16-24-12-11-21(19,23)18-9-6-10-20(13-18)25-15-17-7-4-3-5-8-17;;;/h3-10,13,19,23H,11-12,14-16H2,1-2H3;;;/q;+2;2*-1. The van der Waals surface area contributed by atoms with E-state index in [1.54, 1.807) is 0 Å². The number of nitrogens with zero attached hydrogens (tertiary/aromatic N) is 1. The van der Waals surface area contributed by atoms with Crippen molar-refractivity contribution in [1.29, 1.82) is 0 Å². The van der Waals surface area contributed by atoms with Gasteiger partial charge in [0, 0.05) is 25.5 Å². The Morgan fingerprint density at radius 1 is 1.19 bits per heavy atom. The van der Waals surface area contributed by atoms with Gasteiger partial charge in [-0.2, -0.15) is 0 Å². The second-order valence-corrected chi connectivity index (χ2v) is 7.01. The molecule has 0 aliphatic carbocycles. The number of ether oxygens (including phenoxy) is 2. The monoisotopic (exact) mass is 367 g/mol. The molecule has 0 aromatic heterocycles. The van der Waals surface area contributed by atoms with Crippen molar-refractivity contribution in [2.75, 3.05) is 33.9 Å². The van der Waals surface area contributed by atoms with Gasteiger partial charge >= 0.3 is 23.1 Å². The number of aliphatic hydroxyl groups is 1. The Bertz CT molecular complexity index is 690. The molecule has 26 heavy (non-hydrogen) atoms. The quantitative estimate of drug-likeness (QED) is 0.797. The van der Waals surface area contributed by atoms with E-state index in [4.69, 9.17) is 9.47 Å². The van der Waals surface area contributed by atoms with Crippen molar-refractivity contribution in [3.8, 4) is 5.75 Å². The van der Waals surface area contributed by atoms with Gasteiger partial charge in [-0.3, -0.25) is 0 Å². The van der Waals surface area contributed by atoms with Gasteiger partial charge in [-0.15, -0.1) is 0 Å². The minimum Gasteiger partial charge on any atom is -1.00 e. The summed E-state index contributed by atoms with van der Waals surface area (Å²) in [6.45, 7) is 2.46. The fraction of sp³-hybridized carbons (Fsp3) is 0.429. The SMILES string of the molecule is CN(C)CC1COCCC1(O)c1cccc(OCc2ccccc2)c1.[H-].[H-].[Mg+2]. The van der Waals surface area contributed by atoms with Crippen LogP contribution >= 0.6 is 0 Å². The molecule has 1 aliphatic rings. The van der Waals surface area contributed by atoms with Gasteiger partial charge in [0.05, 0.1) is 12.2 Å². The van der Waals surface area contributed by atoms with Gasteiger partial charge < -0.3 is 22.3 Å². The molecule has 0 saturated carbocycles. The molecule has 1 aliphatic heterocycles. The van der Waals surface area contributed by atoms with Crippen LogP contribution in [0, 0.1) is 5.92 Å². The molecule has 138 valence electrons. The molecule has 2 aromatic rings. The van der Waals surface area contributed by atoms with Crippen LogP contribution < -0.4 is 4.74 Å². The maximum atomic E-state index is 11.4. The van der Waals surface area contributed by atoms with Crippen molar-refractivity contribution in [1.82, 2.24) is 4.90 Å². The first-order chi connectivity index (χ1) is 12.1. The number of hydrogen-bond acceptors (Lipinski definition) is 4. The summed E-state index contributed by atoms with van der Waals surface area (Å²) < 4.78 is 11.5. The van der Waals surface area contributed by atoms with Crippen LogP contribution in [0.4, 0.5) is 0 Å². The van der Waals surface area contributed by atoms with Crippen LogP contribution in [-0.4, -0.2) is 66.9 Å². The average Bonchev–Trinajstić information content (AvgIpc) is 2.63. The number of hydrogen-bond donors (Lipinski definition) is 1. The van der Waals surface area contributed by atoms with Gasteiger partial charge in [-0.05, 0) is 37.4 Å². The predicted octanol–water partition coefficient (Wildman–Crippen LogP) is 2.90. The first-order valence-electron chi connectivity index (χ1n) is 8.80. The van der Waals surface area contributed by atoms with E-state index in [1.807, 2.05) is 68.7 Å². The molecule has 2 aromatic carbocycles. The van der Waals surface area contributed by atoms with Crippen LogP contribution in [-0.2, 0) is 16.9 Å². The van der Waals surface area contributed by atoms with E-state index >= 15 is 0 Å². The van der Waals surface area contributed by atoms with Crippen LogP contribution in [0.15, 0.2) is 54.6 Å². The third kappa shape index (κ3) is 5.21. The van der Waals surface area contributed by atoms with Gasteiger partial charge in [-0.1, -0.05) is 42.5 Å². The summed E-state index contributed by atoms with van der Waals surface area (Å²) in [6.07, 6.45) is 0.605. The van der Waals surface area contributed by atoms with Crippen molar-refractivity contribution in [2.45, 2.75) is 18.6 Å². The number of rotatable bonds is 6. The van der Waals surface area contributed by atoms with E-state index in [1.165, 1.54) is 0 Å². The summed E-state index contributed by atoms with van der Waals surface area (Å²) in [4.78, 5) is 2.10. The summed E-state index contributed by atoms with van der Waals surface area (Å²) in [6, 6.07) is 17.9. The summed E-state index contributed by atoms with van der Waals surface area (Å²) >= 11 is 0. The Morgan fingerprint density at radius 2 is 1.96 bits per heavy atom. The molecule has 5 heteroatoms. The molecule has 1 N–H and O–H groups in total. The smallest absolute Gasteiger partial charge is 1.00 e. The molecule has 1 saturated heterocycles. The predicted molar refractivity (Wildman–Crippen MR) is 107 cm³/mol. The molecule has 1 fully saturated rings. The van der Waals surface area contributed by atoms with E-state index < -0.39 is 5.60 Å². The molecule has 0 radical (unpaired) electrons. The maximum absolute atomic E-state index is 11.4. The summed E-state index contributed by atoms with van der Waals surface area (Å²) in [5.41, 5.74) is 1.16. The van der Waals surface area contributed by atoms with Crippen LogP contribution in [0.3, 0.4) is 0 Å². The second-order valence-electron chi connectivity index (χ2n) is 7.01. The van der Waals surface area contributed by atoms with Crippen LogP contribution in [0.2, 0.25) is 0 Å². The van der Waals surface area contributed by atoms with E-state index in [0.29, 0.717) is 26.2 Å². The first kappa shape index (κ1) is 21.2. The molecule has 0 amide bonds. The van der Waals surface area contributed by atoms with Crippen LogP contribution in [0.1, 0.15) is 20.4 Å². The third-order valence-electron chi connectivity index (χ3n) is 4.79. The molecular weight excluding hydrogens is 339 g/mol. The average molecular weight is 368 g/mol. The van der Waals surface area contributed by atoms with Gasteiger partial charge in [0.2, 0.25) is 0 Å². The molecule has 1 heterocycles. The first-order valence-corrected chi connectivity index (χ1v) is 8.80. The van der Waals surface area contributed by atoms with Crippen molar-refractivity contribution in [3.63, 3.8) is 0 Å². The molecule has 0 bridgehead atoms. The van der Waals surface area contributed by atoms with Crippen molar-refractivity contribution in [2.24, 2.45) is 5.92 Å². The Balaban J connectivity index is 0.00000243. The van der Waals surface area contributed by atoms with Crippen molar-refractivity contribution in [3.05, 3.63) is 65.7 Å². The van der Waals surface area contributed by atoms with Gasteiger partial charge in [0.1, 0.15) is 12.4 Å². The van der Waals surface area contributed by atoms with Crippen molar-refractivity contribution < 1.29 is 17.4 Å². The minimum atomic E-state index is -0.880. The zero-order valence-electron chi connectivity index (χ0n) is 17.7. The van der Waals surface area contributed by atoms with E-state index in [-0.39, 0.29) is 31.8 Å². The van der Waals surface area contributed by atoms with Crippen LogP contribution in [0.25, 0.3) is 0 Å². The molecular formula is C21H29MgNO3. The second kappa shape index (κ2) is 9.71. The zero-order valence-corrected chi connectivity index (χ0v) is 17.1. The zero-order chi connectivity index (χ0) is 17.7. The Labute approximate surface area is 175 Å². The van der Waals surface area contributed by atoms with Gasteiger partial charge in [0.15, 0.2) is 0 Å². The van der Waals surface area contributed by atoms with Crippen molar-refractivity contribution >= 4 is 23.1 Å². The van der Waals surface area contributed by atoms with E-state index in [2.05, 4.69) is 4.90 Å². The third-order valence-corrected chi connectivity index (χ3v) is 4.79. The van der Waals surface area contributed by atoms with E-state index in [9.17, 15) is 5.11 Å². The largest absolute Gasteiger partial charge is 2.00 e. The molecule has 2 atom stereocenters. The fourth-order valence-electron chi connectivity index (χ4n) is 3.42. The summed E-state index contributed by atoms with van der Waals surface area (Å²) in [5.74, 6) is 0.825. The van der Waals surface area contributed by atoms with Gasteiger partial charge in [0.25, 0.3) is 0 Å². The summed E-state index contributed by atoms with van der Waals surface area (Å²) in [7, 11) is 4.04. The fourth-order valence-corrected chi connectivity index (χ4v) is 3.42. The normalized spacial score (nSPS) is 22.7. The molecule has 0 spiro atoms. The molecule has 4 nitrogen and oxygen atoms in total. The minimum absolute atomic E-state index is 0. The Morgan fingerprint density at radius 3 is 2.69 bits per heavy atom. The number of benzene rings is 2. The molecule has 2 unspecified atom stereocenters. The topological polar surface area (TPSA) is 41.9 Å². The Kier molecular flexibility index (Phi) is 7.92. The summed E-state index contributed by atoms with van der Waals surface area (Å²) in [5, 5.41) is 11.4. The van der Waals surface area contributed by atoms with E-state index in [0.717, 1.165) is 23.4 Å². The van der Waals surface area contributed by atoms with Crippen LogP contribution in [0.5, 0.6) is 5.75 Å². The Hall–Kier alpha value is -1.11. The molecule has 3 rings (SSSR count). The maximum Gasteiger partial charge on any atom is 2.00 e. The van der Waals surface area contributed by atoms with Gasteiger partial charge in [-0.25, -0.2) is 0 Å².